The molecule has 0 spiro atoms. The van der Waals surface area contributed by atoms with Gasteiger partial charge in [-0.1, -0.05) is 18.2 Å². The number of anilines is 1. The highest BCUT2D eigenvalue weighted by Gasteiger charge is 2.21. The number of fused-ring (bicyclic) bond motifs is 1. The van der Waals surface area contributed by atoms with Crippen LogP contribution in [0.15, 0.2) is 41.7 Å². The number of para-hydroxylation sites is 1. The number of aryl methyl sites for hydroxylation is 2. The number of rotatable bonds is 4. The number of aliphatic imine (C=N–C) groups is 1. The monoisotopic (exact) mass is 425 g/mol. The second kappa shape index (κ2) is 8.33. The molecule has 0 aliphatic carbocycles. The van der Waals surface area contributed by atoms with Crippen molar-refractivity contribution in [3.05, 3.63) is 47.8 Å². The summed E-state index contributed by atoms with van der Waals surface area (Å²) >= 11 is 0. The smallest absolute Gasteiger partial charge is 0.198 e. The van der Waals surface area contributed by atoms with Gasteiger partial charge in [-0.15, -0.1) is 24.0 Å². The fourth-order valence-corrected chi connectivity index (χ4v) is 2.95. The van der Waals surface area contributed by atoms with E-state index in [1.165, 1.54) is 16.8 Å². The number of hydrogen-bond donors (Lipinski definition) is 1. The summed E-state index contributed by atoms with van der Waals surface area (Å²) in [5.74, 6) is 0.969. The van der Waals surface area contributed by atoms with Crippen molar-refractivity contribution in [1.29, 1.82) is 0 Å². The van der Waals surface area contributed by atoms with E-state index in [1.807, 2.05) is 25.0 Å². The van der Waals surface area contributed by atoms with Gasteiger partial charge in [0.1, 0.15) is 0 Å². The molecule has 3 rings (SSSR count). The lowest BCUT2D eigenvalue weighted by molar-refractivity contribution is 0.753. The van der Waals surface area contributed by atoms with E-state index in [9.17, 15) is 0 Å². The normalized spacial score (nSPS) is 13.7. The van der Waals surface area contributed by atoms with Gasteiger partial charge in [0.15, 0.2) is 5.96 Å². The number of nitrogens with one attached hydrogen (secondary N) is 1. The molecule has 2 heterocycles. The molecular formula is C17H24IN5. The zero-order valence-corrected chi connectivity index (χ0v) is 16.0. The largest absolute Gasteiger partial charge is 0.356 e. The van der Waals surface area contributed by atoms with E-state index in [2.05, 4.69) is 50.8 Å². The second-order valence-corrected chi connectivity index (χ2v) is 5.63. The summed E-state index contributed by atoms with van der Waals surface area (Å²) in [6.45, 7) is 1.92. The Balaban J connectivity index is 0.00000192. The maximum Gasteiger partial charge on any atom is 0.198 e. The summed E-state index contributed by atoms with van der Waals surface area (Å²) in [4.78, 5) is 6.71. The minimum absolute atomic E-state index is 0. The lowest BCUT2D eigenvalue weighted by Gasteiger charge is -2.22. The number of nitrogens with zero attached hydrogens (tertiary/aromatic N) is 4. The van der Waals surface area contributed by atoms with Crippen molar-refractivity contribution in [3.8, 4) is 0 Å². The predicted octanol–water partition coefficient (Wildman–Crippen LogP) is 2.61. The van der Waals surface area contributed by atoms with E-state index in [0.29, 0.717) is 0 Å². The molecule has 1 aliphatic heterocycles. The van der Waals surface area contributed by atoms with Crippen molar-refractivity contribution in [2.24, 2.45) is 12.0 Å². The zero-order chi connectivity index (χ0) is 15.4. The van der Waals surface area contributed by atoms with Gasteiger partial charge in [-0.05, 0) is 36.5 Å². The number of guanidine groups is 1. The predicted molar refractivity (Wildman–Crippen MR) is 106 cm³/mol. The van der Waals surface area contributed by atoms with Gasteiger partial charge in [-0.3, -0.25) is 9.67 Å². The molecule has 1 aromatic carbocycles. The molecule has 0 saturated heterocycles. The molecular weight excluding hydrogens is 401 g/mol. The summed E-state index contributed by atoms with van der Waals surface area (Å²) in [5.41, 5.74) is 3.97. The van der Waals surface area contributed by atoms with E-state index in [4.69, 9.17) is 0 Å². The maximum absolute atomic E-state index is 4.43. The van der Waals surface area contributed by atoms with E-state index < -0.39 is 0 Å². The average molecular weight is 425 g/mol. The first kappa shape index (κ1) is 17.8. The third-order valence-corrected chi connectivity index (χ3v) is 4.04. The minimum atomic E-state index is 0. The molecule has 0 amide bonds. The van der Waals surface area contributed by atoms with Crippen molar-refractivity contribution < 1.29 is 0 Å². The third-order valence-electron chi connectivity index (χ3n) is 4.04. The fourth-order valence-electron chi connectivity index (χ4n) is 2.95. The van der Waals surface area contributed by atoms with Gasteiger partial charge >= 0.3 is 0 Å². The molecule has 6 heteroatoms. The standard InChI is InChI=1S/C17H23N5.HI/c1-18-17(19-10-5-6-14-12-20-21(2)13-14)22-11-9-15-7-3-4-8-16(15)22;/h3-4,7-8,12-13H,5-6,9-11H2,1-2H3,(H,18,19);1H. The summed E-state index contributed by atoms with van der Waals surface area (Å²) in [7, 11) is 3.80. The fraction of sp³-hybridized carbons (Fsp3) is 0.412. The van der Waals surface area contributed by atoms with Crippen molar-refractivity contribution in [3.63, 3.8) is 0 Å². The zero-order valence-electron chi connectivity index (χ0n) is 13.7. The lowest BCUT2D eigenvalue weighted by atomic mass is 10.2. The van der Waals surface area contributed by atoms with Gasteiger partial charge in [0.25, 0.3) is 0 Å². The van der Waals surface area contributed by atoms with Crippen molar-refractivity contribution in [2.75, 3.05) is 25.0 Å². The molecule has 0 fully saturated rings. The first-order chi connectivity index (χ1) is 10.8. The van der Waals surface area contributed by atoms with Crippen LogP contribution in [0.4, 0.5) is 5.69 Å². The molecule has 23 heavy (non-hydrogen) atoms. The van der Waals surface area contributed by atoms with Crippen molar-refractivity contribution in [1.82, 2.24) is 15.1 Å². The average Bonchev–Trinajstić information content (AvgIpc) is 3.14. The topological polar surface area (TPSA) is 45.5 Å². The highest BCUT2D eigenvalue weighted by molar-refractivity contribution is 14.0. The number of halogens is 1. The van der Waals surface area contributed by atoms with E-state index >= 15 is 0 Å². The van der Waals surface area contributed by atoms with Crippen LogP contribution >= 0.6 is 24.0 Å². The summed E-state index contributed by atoms with van der Waals surface area (Å²) in [5, 5.41) is 7.68. The third kappa shape index (κ3) is 4.25. The Kier molecular flexibility index (Phi) is 6.44. The number of hydrogen-bond acceptors (Lipinski definition) is 2. The Morgan fingerprint density at radius 2 is 2.17 bits per heavy atom. The maximum atomic E-state index is 4.43. The van der Waals surface area contributed by atoms with Crippen molar-refractivity contribution in [2.45, 2.75) is 19.3 Å². The quantitative estimate of drug-likeness (QED) is 0.355. The molecule has 5 nitrogen and oxygen atoms in total. The van der Waals surface area contributed by atoms with Crippen molar-refractivity contribution >= 4 is 35.6 Å². The van der Waals surface area contributed by atoms with Crippen LogP contribution in [-0.2, 0) is 19.9 Å². The van der Waals surface area contributed by atoms with Crippen LogP contribution in [0.2, 0.25) is 0 Å². The highest BCUT2D eigenvalue weighted by atomic mass is 127. The highest BCUT2D eigenvalue weighted by Crippen LogP contribution is 2.27. The van der Waals surface area contributed by atoms with E-state index in [-0.39, 0.29) is 24.0 Å². The lowest BCUT2D eigenvalue weighted by Crippen LogP contribution is -2.41. The SMILES string of the molecule is CN=C(NCCCc1cnn(C)c1)N1CCc2ccccc21.I. The van der Waals surface area contributed by atoms with Gasteiger partial charge in [-0.25, -0.2) is 0 Å². The molecule has 0 atom stereocenters. The van der Waals surface area contributed by atoms with Crippen LogP contribution in [-0.4, -0.2) is 35.9 Å². The van der Waals surface area contributed by atoms with Gasteiger partial charge in [0, 0.05) is 39.1 Å². The molecule has 2 aromatic rings. The Bertz CT molecular complexity index is 665. The Labute approximate surface area is 154 Å². The van der Waals surface area contributed by atoms with Crippen LogP contribution in [0.1, 0.15) is 17.5 Å². The van der Waals surface area contributed by atoms with Gasteiger partial charge in [0.2, 0.25) is 0 Å². The molecule has 0 saturated carbocycles. The number of aromatic nitrogens is 2. The first-order valence-corrected chi connectivity index (χ1v) is 7.81. The van der Waals surface area contributed by atoms with Crippen LogP contribution in [0.5, 0.6) is 0 Å². The molecule has 0 unspecified atom stereocenters. The molecule has 0 bridgehead atoms. The molecule has 0 radical (unpaired) electrons. The van der Waals surface area contributed by atoms with E-state index in [1.54, 1.807) is 0 Å². The summed E-state index contributed by atoms with van der Waals surface area (Å²) in [6, 6.07) is 8.56. The van der Waals surface area contributed by atoms with Gasteiger partial charge in [-0.2, -0.15) is 5.10 Å². The minimum Gasteiger partial charge on any atom is -0.356 e. The van der Waals surface area contributed by atoms with Crippen LogP contribution in [0.25, 0.3) is 0 Å². The first-order valence-electron chi connectivity index (χ1n) is 7.81. The van der Waals surface area contributed by atoms with Crippen LogP contribution < -0.4 is 10.2 Å². The Morgan fingerprint density at radius 1 is 1.35 bits per heavy atom. The molecule has 1 aliphatic rings. The second-order valence-electron chi connectivity index (χ2n) is 5.63. The molecule has 124 valence electrons. The summed E-state index contributed by atoms with van der Waals surface area (Å²) < 4.78 is 1.85. The Morgan fingerprint density at radius 3 is 2.91 bits per heavy atom. The van der Waals surface area contributed by atoms with Gasteiger partial charge in [0.05, 0.1) is 6.20 Å². The molecule has 1 N–H and O–H groups in total. The van der Waals surface area contributed by atoms with Crippen LogP contribution in [0, 0.1) is 0 Å². The van der Waals surface area contributed by atoms with E-state index in [0.717, 1.165) is 38.3 Å². The Hall–Kier alpha value is -1.57. The summed E-state index contributed by atoms with van der Waals surface area (Å²) in [6.07, 6.45) is 7.21. The number of benzene rings is 1. The van der Waals surface area contributed by atoms with Crippen LogP contribution in [0.3, 0.4) is 0 Å². The van der Waals surface area contributed by atoms with Gasteiger partial charge < -0.3 is 10.2 Å². The molecule has 1 aromatic heterocycles.